The van der Waals surface area contributed by atoms with Crippen LogP contribution in [0.15, 0.2) is 60.7 Å². The quantitative estimate of drug-likeness (QED) is 0.264. The largest absolute Gasteiger partial charge is 0.496 e. The third-order valence-corrected chi connectivity index (χ3v) is 5.56. The van der Waals surface area contributed by atoms with Crippen molar-refractivity contribution in [3.63, 3.8) is 0 Å². The van der Waals surface area contributed by atoms with Crippen LogP contribution in [0.3, 0.4) is 0 Å². The van der Waals surface area contributed by atoms with Crippen molar-refractivity contribution in [1.82, 2.24) is 0 Å². The fourth-order valence-corrected chi connectivity index (χ4v) is 3.47. The fourth-order valence-electron chi connectivity index (χ4n) is 3.30. The summed E-state index contributed by atoms with van der Waals surface area (Å²) in [4.78, 5) is 12.3. The van der Waals surface area contributed by atoms with Crippen LogP contribution in [0.4, 0.5) is 4.39 Å². The molecule has 5 heteroatoms. The summed E-state index contributed by atoms with van der Waals surface area (Å²) < 4.78 is 24.7. The maximum absolute atomic E-state index is 13.1. The number of allylic oxidation sites excluding steroid dienone is 1. The summed E-state index contributed by atoms with van der Waals surface area (Å²) in [6, 6.07) is 15.0. The lowest BCUT2D eigenvalue weighted by Gasteiger charge is -2.17. The van der Waals surface area contributed by atoms with Gasteiger partial charge in [-0.25, -0.2) is 4.39 Å². The number of ketones is 1. The van der Waals surface area contributed by atoms with Gasteiger partial charge in [-0.05, 0) is 84.1 Å². The van der Waals surface area contributed by atoms with Gasteiger partial charge >= 0.3 is 0 Å². The molecule has 0 bridgehead atoms. The second-order valence-corrected chi connectivity index (χ2v) is 8.27. The van der Waals surface area contributed by atoms with Crippen molar-refractivity contribution in [3.8, 4) is 11.5 Å². The molecule has 0 saturated heterocycles. The number of ether oxygens (including phenoxy) is 2. The monoisotopic (exact) mass is 452 g/mol. The molecule has 3 aromatic carbocycles. The van der Waals surface area contributed by atoms with Crippen molar-refractivity contribution >= 4 is 23.5 Å². The molecule has 0 unspecified atom stereocenters. The highest BCUT2D eigenvalue weighted by Crippen LogP contribution is 2.33. The van der Waals surface area contributed by atoms with E-state index in [4.69, 9.17) is 21.1 Å². The van der Waals surface area contributed by atoms with Gasteiger partial charge in [0, 0.05) is 16.1 Å². The van der Waals surface area contributed by atoms with Crippen molar-refractivity contribution in [2.45, 2.75) is 33.3 Å². The van der Waals surface area contributed by atoms with E-state index in [-0.39, 0.29) is 17.5 Å². The summed E-state index contributed by atoms with van der Waals surface area (Å²) in [5.41, 5.74) is 4.11. The van der Waals surface area contributed by atoms with Gasteiger partial charge in [0.2, 0.25) is 0 Å². The molecule has 0 amide bonds. The molecule has 0 aliphatic carbocycles. The van der Waals surface area contributed by atoms with Crippen LogP contribution in [-0.4, -0.2) is 12.9 Å². The number of halogens is 2. The molecule has 166 valence electrons. The summed E-state index contributed by atoms with van der Waals surface area (Å²) in [6.07, 6.45) is 3.19. The van der Waals surface area contributed by atoms with E-state index in [1.165, 1.54) is 30.3 Å². The third kappa shape index (κ3) is 5.77. The smallest absolute Gasteiger partial charge is 0.185 e. The number of aryl methyl sites for hydroxylation is 1. The molecule has 3 aromatic rings. The highest BCUT2D eigenvalue weighted by Gasteiger charge is 2.13. The first-order valence-electron chi connectivity index (χ1n) is 10.4. The minimum Gasteiger partial charge on any atom is -0.496 e. The van der Waals surface area contributed by atoms with E-state index < -0.39 is 0 Å². The second-order valence-electron chi connectivity index (χ2n) is 7.86. The molecule has 0 aliphatic rings. The molecule has 0 atom stereocenters. The summed E-state index contributed by atoms with van der Waals surface area (Å²) in [5.74, 6) is 1.18. The standard InChI is InChI=1S/C27H26ClFO3/c1-17(2)23-15-24(28)18(3)13-27(23)32-16-21-14-19(6-12-26(21)31-4)5-11-25(30)20-7-9-22(29)10-8-20/h5-15,17H,16H2,1-4H3/b11-5+. The van der Waals surface area contributed by atoms with Crippen molar-refractivity contribution in [1.29, 1.82) is 0 Å². The molecule has 0 radical (unpaired) electrons. The van der Waals surface area contributed by atoms with Crippen molar-refractivity contribution in [2.75, 3.05) is 7.11 Å². The van der Waals surface area contributed by atoms with Gasteiger partial charge in [0.1, 0.15) is 23.9 Å². The van der Waals surface area contributed by atoms with Crippen LogP contribution in [0.25, 0.3) is 6.08 Å². The molecule has 0 heterocycles. The number of rotatable bonds is 8. The van der Waals surface area contributed by atoms with Crippen LogP contribution in [0.1, 0.15) is 52.4 Å². The van der Waals surface area contributed by atoms with Crippen LogP contribution in [0.2, 0.25) is 5.02 Å². The lowest BCUT2D eigenvalue weighted by molar-refractivity contribution is 0.104. The molecule has 0 fully saturated rings. The average molecular weight is 453 g/mol. The van der Waals surface area contributed by atoms with E-state index in [1.807, 2.05) is 37.3 Å². The van der Waals surface area contributed by atoms with Gasteiger partial charge in [0.15, 0.2) is 5.78 Å². The molecule has 3 rings (SSSR count). The topological polar surface area (TPSA) is 35.5 Å². The number of carbonyl (C=O) groups excluding carboxylic acids is 1. The first kappa shape index (κ1) is 23.6. The summed E-state index contributed by atoms with van der Waals surface area (Å²) >= 11 is 6.30. The Balaban J connectivity index is 1.81. The Morgan fingerprint density at radius 1 is 1.06 bits per heavy atom. The number of hydrogen-bond acceptors (Lipinski definition) is 3. The lowest BCUT2D eigenvalue weighted by atomic mass is 10.0. The summed E-state index contributed by atoms with van der Waals surface area (Å²) in [6.45, 7) is 6.44. The molecule has 32 heavy (non-hydrogen) atoms. The summed E-state index contributed by atoms with van der Waals surface area (Å²) in [5, 5.41) is 0.719. The Bertz CT molecular complexity index is 1130. The third-order valence-electron chi connectivity index (χ3n) is 5.16. The molecule has 0 aliphatic heterocycles. The molecular weight excluding hydrogens is 427 g/mol. The highest BCUT2D eigenvalue weighted by atomic mass is 35.5. The molecule has 0 spiro atoms. The fraction of sp³-hybridized carbons (Fsp3) is 0.222. The van der Waals surface area contributed by atoms with E-state index in [0.29, 0.717) is 17.9 Å². The van der Waals surface area contributed by atoms with Crippen molar-refractivity contribution in [3.05, 3.63) is 99.3 Å². The van der Waals surface area contributed by atoms with E-state index >= 15 is 0 Å². The Kier molecular flexibility index (Phi) is 7.70. The molecule has 0 N–H and O–H groups in total. The van der Waals surface area contributed by atoms with Gasteiger partial charge in [-0.2, -0.15) is 0 Å². The predicted molar refractivity (Wildman–Crippen MR) is 127 cm³/mol. The average Bonchev–Trinajstić information content (AvgIpc) is 2.78. The number of methoxy groups -OCH3 is 1. The van der Waals surface area contributed by atoms with E-state index in [2.05, 4.69) is 13.8 Å². The van der Waals surface area contributed by atoms with Gasteiger partial charge in [-0.1, -0.05) is 37.6 Å². The van der Waals surface area contributed by atoms with Gasteiger partial charge in [0.05, 0.1) is 7.11 Å². The number of hydrogen-bond donors (Lipinski definition) is 0. The molecule has 3 nitrogen and oxygen atoms in total. The number of carbonyl (C=O) groups is 1. The Morgan fingerprint density at radius 3 is 2.44 bits per heavy atom. The van der Waals surface area contributed by atoms with Crippen LogP contribution in [0, 0.1) is 12.7 Å². The first-order chi connectivity index (χ1) is 15.3. The zero-order valence-corrected chi connectivity index (χ0v) is 19.4. The second kappa shape index (κ2) is 10.5. The van der Waals surface area contributed by atoms with E-state index in [9.17, 15) is 9.18 Å². The van der Waals surface area contributed by atoms with Gasteiger partial charge in [0.25, 0.3) is 0 Å². The van der Waals surface area contributed by atoms with Crippen molar-refractivity contribution < 1.29 is 18.7 Å². The molecular formula is C27H26ClFO3. The normalized spacial score (nSPS) is 11.2. The first-order valence-corrected chi connectivity index (χ1v) is 10.7. The minimum absolute atomic E-state index is 0.197. The predicted octanol–water partition coefficient (Wildman–Crippen LogP) is 7.39. The highest BCUT2D eigenvalue weighted by molar-refractivity contribution is 6.31. The Morgan fingerprint density at radius 2 is 1.78 bits per heavy atom. The minimum atomic E-state index is -0.373. The van der Waals surface area contributed by atoms with Crippen LogP contribution in [-0.2, 0) is 6.61 Å². The lowest BCUT2D eigenvalue weighted by Crippen LogP contribution is -2.03. The SMILES string of the molecule is COc1ccc(/C=C/C(=O)c2ccc(F)cc2)cc1COc1cc(C)c(Cl)cc1C(C)C. The van der Waals surface area contributed by atoms with Crippen LogP contribution < -0.4 is 9.47 Å². The van der Waals surface area contributed by atoms with Crippen molar-refractivity contribution in [2.24, 2.45) is 0 Å². The van der Waals surface area contributed by atoms with E-state index in [1.54, 1.807) is 13.2 Å². The number of benzene rings is 3. The molecule has 0 aromatic heterocycles. The maximum Gasteiger partial charge on any atom is 0.185 e. The Hall–Kier alpha value is -3.11. The zero-order valence-electron chi connectivity index (χ0n) is 18.6. The van der Waals surface area contributed by atoms with Crippen LogP contribution in [0.5, 0.6) is 11.5 Å². The Labute approximate surface area is 193 Å². The maximum atomic E-state index is 13.1. The summed E-state index contributed by atoms with van der Waals surface area (Å²) in [7, 11) is 1.61. The molecule has 0 saturated carbocycles. The van der Waals surface area contributed by atoms with Gasteiger partial charge < -0.3 is 9.47 Å². The van der Waals surface area contributed by atoms with Crippen LogP contribution >= 0.6 is 11.6 Å². The van der Waals surface area contributed by atoms with Gasteiger partial charge in [-0.15, -0.1) is 0 Å². The van der Waals surface area contributed by atoms with E-state index in [0.717, 1.165) is 33.0 Å². The van der Waals surface area contributed by atoms with Gasteiger partial charge in [-0.3, -0.25) is 4.79 Å². The zero-order chi connectivity index (χ0) is 23.3.